The highest BCUT2D eigenvalue weighted by Gasteiger charge is 2.14. The summed E-state index contributed by atoms with van der Waals surface area (Å²) >= 11 is 0. The summed E-state index contributed by atoms with van der Waals surface area (Å²) in [5.74, 6) is -0.156. The molecule has 0 spiro atoms. The molecule has 2 aromatic rings. The second-order valence-corrected chi connectivity index (χ2v) is 4.61. The van der Waals surface area contributed by atoms with Gasteiger partial charge < -0.3 is 0 Å². The SMILES string of the molecule is Fc1ccc2c(c1)/C(=C/c1ccncc1)CCC2. The van der Waals surface area contributed by atoms with Gasteiger partial charge in [-0.05, 0) is 65.8 Å². The van der Waals surface area contributed by atoms with Crippen LogP contribution in [0.1, 0.15) is 29.5 Å². The van der Waals surface area contributed by atoms with Crippen LogP contribution in [0.5, 0.6) is 0 Å². The average molecular weight is 239 g/mol. The van der Waals surface area contributed by atoms with E-state index in [9.17, 15) is 4.39 Å². The van der Waals surface area contributed by atoms with Crippen molar-refractivity contribution in [3.05, 3.63) is 65.2 Å². The lowest BCUT2D eigenvalue weighted by atomic mass is 9.86. The lowest BCUT2D eigenvalue weighted by Gasteiger charge is -2.19. The van der Waals surface area contributed by atoms with Gasteiger partial charge in [-0.15, -0.1) is 0 Å². The molecule has 0 unspecified atom stereocenters. The van der Waals surface area contributed by atoms with Crippen LogP contribution in [0.2, 0.25) is 0 Å². The molecular weight excluding hydrogens is 225 g/mol. The van der Waals surface area contributed by atoms with E-state index in [0.29, 0.717) is 0 Å². The van der Waals surface area contributed by atoms with Crippen molar-refractivity contribution in [1.82, 2.24) is 4.98 Å². The minimum Gasteiger partial charge on any atom is -0.265 e. The van der Waals surface area contributed by atoms with Gasteiger partial charge in [-0.2, -0.15) is 0 Å². The Labute approximate surface area is 106 Å². The Morgan fingerprint density at radius 2 is 1.89 bits per heavy atom. The van der Waals surface area contributed by atoms with E-state index in [-0.39, 0.29) is 5.82 Å². The van der Waals surface area contributed by atoms with Gasteiger partial charge in [0.2, 0.25) is 0 Å². The van der Waals surface area contributed by atoms with Crippen LogP contribution < -0.4 is 0 Å². The number of rotatable bonds is 1. The molecule has 1 aliphatic rings. The number of aromatic nitrogens is 1. The first-order valence-corrected chi connectivity index (χ1v) is 6.22. The molecule has 0 saturated heterocycles. The van der Waals surface area contributed by atoms with E-state index in [2.05, 4.69) is 11.1 Å². The molecule has 90 valence electrons. The van der Waals surface area contributed by atoms with Crippen LogP contribution in [0.3, 0.4) is 0 Å². The molecule has 3 rings (SSSR count). The Bertz CT molecular complexity index is 587. The van der Waals surface area contributed by atoms with Gasteiger partial charge in [-0.1, -0.05) is 12.1 Å². The molecule has 0 radical (unpaired) electrons. The van der Waals surface area contributed by atoms with E-state index in [0.717, 1.165) is 30.4 Å². The number of fused-ring (bicyclic) bond motifs is 1. The summed E-state index contributed by atoms with van der Waals surface area (Å²) in [6.45, 7) is 0. The van der Waals surface area contributed by atoms with Crippen molar-refractivity contribution in [3.63, 3.8) is 0 Å². The second-order valence-electron chi connectivity index (χ2n) is 4.61. The third-order valence-corrected chi connectivity index (χ3v) is 3.36. The number of benzene rings is 1. The molecule has 1 aromatic heterocycles. The first-order valence-electron chi connectivity index (χ1n) is 6.22. The predicted octanol–water partition coefficient (Wildman–Crippen LogP) is 4.10. The summed E-state index contributed by atoms with van der Waals surface area (Å²) in [5.41, 5.74) is 4.67. The molecule has 0 saturated carbocycles. The number of halogens is 1. The average Bonchev–Trinajstić information content (AvgIpc) is 2.41. The summed E-state index contributed by atoms with van der Waals surface area (Å²) in [6, 6.07) is 9.06. The highest BCUT2D eigenvalue weighted by atomic mass is 19.1. The van der Waals surface area contributed by atoms with Crippen molar-refractivity contribution in [2.24, 2.45) is 0 Å². The van der Waals surface area contributed by atoms with Crippen molar-refractivity contribution in [3.8, 4) is 0 Å². The molecule has 0 atom stereocenters. The third kappa shape index (κ3) is 2.19. The van der Waals surface area contributed by atoms with Gasteiger partial charge in [0.05, 0.1) is 0 Å². The Hall–Kier alpha value is -1.96. The van der Waals surface area contributed by atoms with Gasteiger partial charge in [0.15, 0.2) is 0 Å². The lowest BCUT2D eigenvalue weighted by molar-refractivity contribution is 0.625. The van der Waals surface area contributed by atoms with E-state index in [4.69, 9.17) is 0 Å². The first-order chi connectivity index (χ1) is 8.83. The van der Waals surface area contributed by atoms with Crippen molar-refractivity contribution in [2.75, 3.05) is 0 Å². The largest absolute Gasteiger partial charge is 0.265 e. The van der Waals surface area contributed by atoms with Crippen LogP contribution in [-0.2, 0) is 6.42 Å². The van der Waals surface area contributed by atoms with Gasteiger partial charge in [0.1, 0.15) is 5.82 Å². The van der Waals surface area contributed by atoms with Crippen LogP contribution in [0.25, 0.3) is 11.6 Å². The molecule has 0 amide bonds. The van der Waals surface area contributed by atoms with E-state index >= 15 is 0 Å². The van der Waals surface area contributed by atoms with Crippen molar-refractivity contribution < 1.29 is 4.39 Å². The standard InChI is InChI=1S/C16H14FN/c17-15-5-4-13-2-1-3-14(16(13)11-15)10-12-6-8-18-9-7-12/h4-11H,1-3H2/b14-10+. The number of pyridine rings is 1. The maximum Gasteiger partial charge on any atom is 0.123 e. The Balaban J connectivity index is 2.06. The molecule has 2 heteroatoms. The molecule has 1 aromatic carbocycles. The number of allylic oxidation sites excluding steroid dienone is 1. The zero-order valence-corrected chi connectivity index (χ0v) is 10.1. The van der Waals surface area contributed by atoms with Gasteiger partial charge >= 0.3 is 0 Å². The fraction of sp³-hybridized carbons (Fsp3) is 0.188. The third-order valence-electron chi connectivity index (χ3n) is 3.36. The first kappa shape index (κ1) is 11.1. The predicted molar refractivity (Wildman–Crippen MR) is 71.4 cm³/mol. The van der Waals surface area contributed by atoms with Crippen molar-refractivity contribution >= 4 is 11.6 Å². The normalized spacial score (nSPS) is 16.6. The maximum atomic E-state index is 13.4. The van der Waals surface area contributed by atoms with Gasteiger partial charge in [0, 0.05) is 12.4 Å². The number of aryl methyl sites for hydroxylation is 1. The Morgan fingerprint density at radius 1 is 1.06 bits per heavy atom. The number of hydrogen-bond donors (Lipinski definition) is 0. The van der Waals surface area contributed by atoms with E-state index < -0.39 is 0 Å². The van der Waals surface area contributed by atoms with E-state index in [1.807, 2.05) is 18.2 Å². The topological polar surface area (TPSA) is 12.9 Å². The lowest BCUT2D eigenvalue weighted by Crippen LogP contribution is -2.02. The van der Waals surface area contributed by atoms with Crippen LogP contribution in [-0.4, -0.2) is 4.98 Å². The molecule has 0 fully saturated rings. The zero-order chi connectivity index (χ0) is 12.4. The molecule has 1 aliphatic carbocycles. The zero-order valence-electron chi connectivity index (χ0n) is 10.1. The number of nitrogens with zero attached hydrogens (tertiary/aromatic N) is 1. The molecule has 0 bridgehead atoms. The highest BCUT2D eigenvalue weighted by Crippen LogP contribution is 2.32. The molecule has 0 aliphatic heterocycles. The monoisotopic (exact) mass is 239 g/mol. The molecule has 1 heterocycles. The summed E-state index contributed by atoms with van der Waals surface area (Å²) in [5, 5.41) is 0. The molecule has 18 heavy (non-hydrogen) atoms. The van der Waals surface area contributed by atoms with Crippen molar-refractivity contribution in [2.45, 2.75) is 19.3 Å². The quantitative estimate of drug-likeness (QED) is 0.730. The summed E-state index contributed by atoms with van der Waals surface area (Å²) in [7, 11) is 0. The summed E-state index contributed by atoms with van der Waals surface area (Å²) in [4.78, 5) is 4.01. The van der Waals surface area contributed by atoms with Crippen LogP contribution in [0.4, 0.5) is 4.39 Å². The fourth-order valence-corrected chi connectivity index (χ4v) is 2.48. The molecular formula is C16H14FN. The Kier molecular flexibility index (Phi) is 2.93. The minimum atomic E-state index is -0.156. The van der Waals surface area contributed by atoms with Gasteiger partial charge in [-0.3, -0.25) is 4.98 Å². The van der Waals surface area contributed by atoms with Crippen LogP contribution in [0.15, 0.2) is 42.7 Å². The fourth-order valence-electron chi connectivity index (χ4n) is 2.48. The summed E-state index contributed by atoms with van der Waals surface area (Å²) in [6.07, 6.45) is 8.89. The van der Waals surface area contributed by atoms with Gasteiger partial charge in [-0.25, -0.2) is 4.39 Å². The van der Waals surface area contributed by atoms with Crippen molar-refractivity contribution in [1.29, 1.82) is 0 Å². The van der Waals surface area contributed by atoms with E-state index in [1.165, 1.54) is 11.1 Å². The smallest absolute Gasteiger partial charge is 0.123 e. The summed E-state index contributed by atoms with van der Waals surface area (Å²) < 4.78 is 13.4. The Morgan fingerprint density at radius 3 is 2.72 bits per heavy atom. The molecule has 1 nitrogen and oxygen atoms in total. The second kappa shape index (κ2) is 4.73. The highest BCUT2D eigenvalue weighted by molar-refractivity contribution is 5.83. The molecule has 0 N–H and O–H groups in total. The minimum absolute atomic E-state index is 0.156. The number of hydrogen-bond acceptors (Lipinski definition) is 1. The van der Waals surface area contributed by atoms with E-state index in [1.54, 1.807) is 24.5 Å². The van der Waals surface area contributed by atoms with Crippen LogP contribution in [0, 0.1) is 5.82 Å². The maximum absolute atomic E-state index is 13.4. The van der Waals surface area contributed by atoms with Gasteiger partial charge in [0.25, 0.3) is 0 Å². The van der Waals surface area contributed by atoms with Crippen LogP contribution >= 0.6 is 0 Å².